The molecule has 2 N–H and O–H groups in total. The predicted octanol–water partition coefficient (Wildman–Crippen LogP) is 2.13. The second kappa shape index (κ2) is 7.38. The van der Waals surface area contributed by atoms with Crippen LogP contribution in [-0.4, -0.2) is 32.1 Å². The third-order valence-corrected chi connectivity index (χ3v) is 4.81. The maximum Gasteiger partial charge on any atom is 0.226 e. The Kier molecular flexibility index (Phi) is 5.51. The topological polar surface area (TPSA) is 88.2 Å². The summed E-state index contributed by atoms with van der Waals surface area (Å²) in [5.41, 5.74) is 1.40. The number of anilines is 2. The van der Waals surface area contributed by atoms with Crippen molar-refractivity contribution >= 4 is 37.9 Å². The molecule has 0 aliphatic rings. The van der Waals surface area contributed by atoms with Crippen LogP contribution in [0.1, 0.15) is 5.69 Å². The molecule has 8 heteroatoms. The van der Waals surface area contributed by atoms with E-state index >= 15 is 0 Å². The quantitative estimate of drug-likeness (QED) is 0.746. The van der Waals surface area contributed by atoms with Gasteiger partial charge in [-0.1, -0.05) is 6.08 Å². The van der Waals surface area contributed by atoms with Crippen LogP contribution in [0.25, 0.3) is 0 Å². The third-order valence-electron chi connectivity index (χ3n) is 2.87. The standard InChI is InChI=1S/C15H17N3O3S2/c1-3-8-16-14(19)9-12-10-22-15(18-12)17-11-4-6-13(7-5-11)23(2,20)21/h3-7,10H,1,8-9H2,2H3,(H,16,19)(H,17,18). The van der Waals surface area contributed by atoms with Gasteiger partial charge in [-0.15, -0.1) is 17.9 Å². The van der Waals surface area contributed by atoms with E-state index in [-0.39, 0.29) is 17.2 Å². The highest BCUT2D eigenvalue weighted by atomic mass is 32.2. The molecule has 0 atom stereocenters. The van der Waals surface area contributed by atoms with Crippen molar-refractivity contribution in [3.63, 3.8) is 0 Å². The number of nitrogens with zero attached hydrogens (tertiary/aromatic N) is 1. The van der Waals surface area contributed by atoms with E-state index in [1.807, 2.05) is 0 Å². The summed E-state index contributed by atoms with van der Waals surface area (Å²) in [6, 6.07) is 6.42. The molecule has 2 aromatic rings. The van der Waals surface area contributed by atoms with Gasteiger partial charge in [0.25, 0.3) is 0 Å². The van der Waals surface area contributed by atoms with Crippen LogP contribution in [0.5, 0.6) is 0 Å². The van der Waals surface area contributed by atoms with Crippen LogP contribution in [0.2, 0.25) is 0 Å². The molecule has 0 spiro atoms. The van der Waals surface area contributed by atoms with Crippen molar-refractivity contribution in [1.29, 1.82) is 0 Å². The van der Waals surface area contributed by atoms with Crippen molar-refractivity contribution in [2.75, 3.05) is 18.1 Å². The Balaban J connectivity index is 1.99. The highest BCUT2D eigenvalue weighted by molar-refractivity contribution is 7.90. The van der Waals surface area contributed by atoms with Crippen LogP contribution in [0.15, 0.2) is 47.2 Å². The Hall–Kier alpha value is -2.19. The molecule has 0 aliphatic carbocycles. The summed E-state index contributed by atoms with van der Waals surface area (Å²) in [5, 5.41) is 8.22. The molecular weight excluding hydrogens is 334 g/mol. The van der Waals surface area contributed by atoms with Gasteiger partial charge in [0.2, 0.25) is 5.91 Å². The summed E-state index contributed by atoms with van der Waals surface area (Å²) in [7, 11) is -3.20. The normalized spacial score (nSPS) is 11.0. The molecular formula is C15H17N3O3S2. The minimum absolute atomic E-state index is 0.112. The lowest BCUT2D eigenvalue weighted by Gasteiger charge is -2.04. The van der Waals surface area contributed by atoms with Crippen LogP contribution in [-0.2, 0) is 21.1 Å². The first kappa shape index (κ1) is 17.2. The number of carbonyl (C=O) groups is 1. The first-order valence-electron chi connectivity index (χ1n) is 6.77. The van der Waals surface area contributed by atoms with Crippen LogP contribution in [0.3, 0.4) is 0 Å². The molecule has 0 bridgehead atoms. The number of thiazole rings is 1. The number of aromatic nitrogens is 1. The SMILES string of the molecule is C=CCNC(=O)Cc1csc(Nc2ccc(S(C)(=O)=O)cc2)n1. The van der Waals surface area contributed by atoms with E-state index in [0.29, 0.717) is 17.4 Å². The second-order valence-electron chi connectivity index (χ2n) is 4.84. The fourth-order valence-corrected chi connectivity index (χ4v) is 3.13. The van der Waals surface area contributed by atoms with E-state index < -0.39 is 9.84 Å². The van der Waals surface area contributed by atoms with Crippen LogP contribution < -0.4 is 10.6 Å². The molecule has 1 heterocycles. The summed E-state index contributed by atoms with van der Waals surface area (Å²) in [6.07, 6.45) is 2.99. The molecule has 1 aromatic heterocycles. The zero-order chi connectivity index (χ0) is 16.9. The lowest BCUT2D eigenvalue weighted by Crippen LogP contribution is -2.25. The Bertz CT molecular complexity index is 796. The molecule has 0 aliphatic heterocycles. The molecule has 0 radical (unpaired) electrons. The van der Waals surface area contributed by atoms with Gasteiger partial charge in [-0.25, -0.2) is 13.4 Å². The Labute approximate surface area is 139 Å². The van der Waals surface area contributed by atoms with Crippen molar-refractivity contribution < 1.29 is 13.2 Å². The van der Waals surface area contributed by atoms with Gasteiger partial charge in [-0.3, -0.25) is 4.79 Å². The minimum atomic E-state index is -3.20. The number of amides is 1. The molecule has 0 fully saturated rings. The van der Waals surface area contributed by atoms with Gasteiger partial charge >= 0.3 is 0 Å². The van der Waals surface area contributed by atoms with Crippen molar-refractivity contribution in [1.82, 2.24) is 10.3 Å². The number of sulfone groups is 1. The number of hydrogen-bond acceptors (Lipinski definition) is 6. The molecule has 6 nitrogen and oxygen atoms in total. The molecule has 1 aromatic carbocycles. The van der Waals surface area contributed by atoms with Gasteiger partial charge in [-0.05, 0) is 24.3 Å². The molecule has 0 unspecified atom stereocenters. The van der Waals surface area contributed by atoms with Crippen molar-refractivity contribution in [3.8, 4) is 0 Å². The second-order valence-corrected chi connectivity index (χ2v) is 7.71. The zero-order valence-electron chi connectivity index (χ0n) is 12.6. The van der Waals surface area contributed by atoms with Crippen molar-refractivity contribution in [3.05, 3.63) is 48.0 Å². The van der Waals surface area contributed by atoms with Gasteiger partial charge < -0.3 is 10.6 Å². The predicted molar refractivity (Wildman–Crippen MR) is 91.9 cm³/mol. The van der Waals surface area contributed by atoms with E-state index in [1.54, 1.807) is 23.6 Å². The van der Waals surface area contributed by atoms with Crippen molar-refractivity contribution in [2.24, 2.45) is 0 Å². The fourth-order valence-electron chi connectivity index (χ4n) is 1.77. The summed E-state index contributed by atoms with van der Waals surface area (Å²) in [4.78, 5) is 16.2. The monoisotopic (exact) mass is 351 g/mol. The Morgan fingerprint density at radius 1 is 1.35 bits per heavy atom. The third kappa shape index (κ3) is 5.19. The highest BCUT2D eigenvalue weighted by Crippen LogP contribution is 2.22. The zero-order valence-corrected chi connectivity index (χ0v) is 14.2. The molecule has 1 amide bonds. The average Bonchev–Trinajstić information content (AvgIpc) is 2.91. The Morgan fingerprint density at radius 2 is 2.04 bits per heavy atom. The van der Waals surface area contributed by atoms with Crippen LogP contribution in [0, 0.1) is 0 Å². The molecule has 23 heavy (non-hydrogen) atoms. The van der Waals surface area contributed by atoms with E-state index in [4.69, 9.17) is 0 Å². The first-order valence-corrected chi connectivity index (χ1v) is 9.55. The van der Waals surface area contributed by atoms with Gasteiger partial charge in [-0.2, -0.15) is 0 Å². The summed E-state index contributed by atoms with van der Waals surface area (Å²) < 4.78 is 22.8. The van der Waals surface area contributed by atoms with E-state index in [1.165, 1.54) is 29.7 Å². The maximum absolute atomic E-state index is 11.6. The van der Waals surface area contributed by atoms with E-state index in [0.717, 1.165) is 5.69 Å². The Morgan fingerprint density at radius 3 is 2.65 bits per heavy atom. The summed E-state index contributed by atoms with van der Waals surface area (Å²) >= 11 is 1.38. The van der Waals surface area contributed by atoms with E-state index in [2.05, 4.69) is 22.2 Å². The number of nitrogens with one attached hydrogen (secondary N) is 2. The smallest absolute Gasteiger partial charge is 0.226 e. The number of rotatable bonds is 7. The summed E-state index contributed by atoms with van der Waals surface area (Å²) in [5.74, 6) is -0.112. The molecule has 0 saturated heterocycles. The average molecular weight is 351 g/mol. The number of carbonyl (C=O) groups excluding carboxylic acids is 1. The number of benzene rings is 1. The molecule has 122 valence electrons. The van der Waals surface area contributed by atoms with Gasteiger partial charge in [0.05, 0.1) is 17.0 Å². The minimum Gasteiger partial charge on any atom is -0.352 e. The van der Waals surface area contributed by atoms with Crippen LogP contribution >= 0.6 is 11.3 Å². The van der Waals surface area contributed by atoms with Crippen molar-refractivity contribution in [2.45, 2.75) is 11.3 Å². The van der Waals surface area contributed by atoms with Gasteiger partial charge in [0.1, 0.15) is 0 Å². The van der Waals surface area contributed by atoms with Gasteiger partial charge in [0.15, 0.2) is 15.0 Å². The maximum atomic E-state index is 11.6. The number of hydrogen-bond donors (Lipinski definition) is 2. The first-order chi connectivity index (χ1) is 10.9. The lowest BCUT2D eigenvalue weighted by atomic mass is 10.3. The largest absolute Gasteiger partial charge is 0.352 e. The highest BCUT2D eigenvalue weighted by Gasteiger charge is 2.09. The van der Waals surface area contributed by atoms with Crippen LogP contribution in [0.4, 0.5) is 10.8 Å². The fraction of sp³-hybridized carbons (Fsp3) is 0.200. The molecule has 0 saturated carbocycles. The molecule has 2 rings (SSSR count). The van der Waals surface area contributed by atoms with Gasteiger partial charge in [0, 0.05) is 23.9 Å². The lowest BCUT2D eigenvalue weighted by molar-refractivity contribution is -0.120. The summed E-state index contributed by atoms with van der Waals surface area (Å²) in [6.45, 7) is 3.97. The van der Waals surface area contributed by atoms with E-state index in [9.17, 15) is 13.2 Å².